The van der Waals surface area contributed by atoms with E-state index in [1.165, 1.54) is 12.1 Å². The molecule has 2 atom stereocenters. The molecule has 1 aliphatic rings. The van der Waals surface area contributed by atoms with E-state index in [4.69, 9.17) is 9.15 Å². The summed E-state index contributed by atoms with van der Waals surface area (Å²) in [6.45, 7) is 1.50. The first kappa shape index (κ1) is 16.2. The zero-order chi connectivity index (χ0) is 17.2. The zero-order valence-electron chi connectivity index (χ0n) is 13.6. The molecule has 130 valence electrons. The molecule has 3 aromatic rings. The molecule has 4 rings (SSSR count). The maximum Gasteiger partial charge on any atom is 0.221 e. The van der Waals surface area contributed by atoms with E-state index in [2.05, 4.69) is 4.98 Å². The van der Waals surface area contributed by atoms with Gasteiger partial charge in [0.1, 0.15) is 30.2 Å². The molecule has 1 saturated heterocycles. The van der Waals surface area contributed by atoms with E-state index in [1.807, 2.05) is 29.2 Å². The number of likely N-dealkylation sites (tertiary alicyclic amines) is 1. The molecule has 0 spiro atoms. The van der Waals surface area contributed by atoms with Gasteiger partial charge in [-0.05, 0) is 29.8 Å². The van der Waals surface area contributed by atoms with Crippen LogP contribution in [-0.4, -0.2) is 35.2 Å². The summed E-state index contributed by atoms with van der Waals surface area (Å²) in [4.78, 5) is 6.30. The first-order valence-corrected chi connectivity index (χ1v) is 8.24. The maximum atomic E-state index is 14.2. The van der Waals surface area contributed by atoms with Crippen molar-refractivity contribution in [3.63, 3.8) is 0 Å². The zero-order valence-corrected chi connectivity index (χ0v) is 13.6. The van der Waals surface area contributed by atoms with Crippen LogP contribution in [0, 0.1) is 5.82 Å². The van der Waals surface area contributed by atoms with Gasteiger partial charge < -0.3 is 9.15 Å². The highest BCUT2D eigenvalue weighted by atomic mass is 19.1. The molecule has 0 amide bonds. The van der Waals surface area contributed by atoms with Crippen molar-refractivity contribution in [3.05, 3.63) is 65.8 Å². The van der Waals surface area contributed by atoms with E-state index < -0.39 is 12.3 Å². The number of ether oxygens (including phenoxy) is 1. The summed E-state index contributed by atoms with van der Waals surface area (Å²) in [7, 11) is 0. The lowest BCUT2D eigenvalue weighted by Gasteiger charge is -2.15. The number of hydrogen-bond acceptors (Lipinski definition) is 4. The molecule has 0 saturated carbocycles. The lowest BCUT2D eigenvalue weighted by atomic mass is 10.2. The summed E-state index contributed by atoms with van der Waals surface area (Å²) in [5, 5.41) is 0. The smallest absolute Gasteiger partial charge is 0.221 e. The number of para-hydroxylation sites is 2. The Morgan fingerprint density at radius 2 is 1.92 bits per heavy atom. The third-order valence-electron chi connectivity index (χ3n) is 4.35. The van der Waals surface area contributed by atoms with Crippen molar-refractivity contribution in [2.45, 2.75) is 25.4 Å². The van der Waals surface area contributed by atoms with Crippen LogP contribution < -0.4 is 0 Å². The second-order valence-corrected chi connectivity index (χ2v) is 6.26. The van der Waals surface area contributed by atoms with Gasteiger partial charge >= 0.3 is 0 Å². The number of alkyl halides is 1. The van der Waals surface area contributed by atoms with E-state index in [1.54, 1.807) is 12.1 Å². The number of hydrogen-bond donors (Lipinski definition) is 0. The Kier molecular flexibility index (Phi) is 4.46. The molecule has 4 nitrogen and oxygen atoms in total. The van der Waals surface area contributed by atoms with E-state index in [0.717, 1.165) is 11.1 Å². The number of rotatable bonds is 5. The summed E-state index contributed by atoms with van der Waals surface area (Å²) >= 11 is 0. The number of fused-ring (bicyclic) bond motifs is 1. The molecular formula is C19H18F2N2O2. The first-order chi connectivity index (χ1) is 12.2. The van der Waals surface area contributed by atoms with Crippen LogP contribution >= 0.6 is 0 Å². The monoisotopic (exact) mass is 344 g/mol. The fraction of sp³-hybridized carbons (Fsp3) is 0.316. The summed E-state index contributed by atoms with van der Waals surface area (Å²) < 4.78 is 38.5. The van der Waals surface area contributed by atoms with Gasteiger partial charge in [-0.2, -0.15) is 0 Å². The van der Waals surface area contributed by atoms with Gasteiger partial charge in [0, 0.05) is 19.6 Å². The lowest BCUT2D eigenvalue weighted by molar-refractivity contribution is 0.00239. The molecule has 0 N–H and O–H groups in total. The van der Waals surface area contributed by atoms with Gasteiger partial charge in [0.05, 0.1) is 0 Å². The minimum Gasteiger partial charge on any atom is -0.438 e. The van der Waals surface area contributed by atoms with Gasteiger partial charge in [-0.25, -0.2) is 13.8 Å². The van der Waals surface area contributed by atoms with Crippen molar-refractivity contribution >= 4 is 11.1 Å². The van der Waals surface area contributed by atoms with Crippen molar-refractivity contribution in [1.29, 1.82) is 0 Å². The SMILES string of the molecule is Fc1ccc(CN2C[C@@H](F)[C@@H](OCc3nc4ccccc4o3)C2)cc1. The molecule has 1 aromatic heterocycles. The number of halogens is 2. The predicted molar refractivity (Wildman–Crippen MR) is 89.2 cm³/mol. The Hall–Kier alpha value is -2.31. The highest BCUT2D eigenvalue weighted by Gasteiger charge is 2.33. The fourth-order valence-corrected chi connectivity index (χ4v) is 3.10. The molecule has 2 aromatic carbocycles. The van der Waals surface area contributed by atoms with Gasteiger partial charge in [0.15, 0.2) is 5.58 Å². The van der Waals surface area contributed by atoms with Crippen LogP contribution in [0.4, 0.5) is 8.78 Å². The molecule has 0 radical (unpaired) electrons. The number of benzene rings is 2. The van der Waals surface area contributed by atoms with E-state index >= 15 is 0 Å². The number of oxazole rings is 1. The van der Waals surface area contributed by atoms with Crippen molar-refractivity contribution in [2.24, 2.45) is 0 Å². The van der Waals surface area contributed by atoms with Crippen molar-refractivity contribution < 1.29 is 17.9 Å². The molecule has 0 bridgehead atoms. The predicted octanol–water partition coefficient (Wildman–Crippen LogP) is 3.71. The Morgan fingerprint density at radius 1 is 1.12 bits per heavy atom. The average molecular weight is 344 g/mol. The number of aromatic nitrogens is 1. The summed E-state index contributed by atoms with van der Waals surface area (Å²) in [5.41, 5.74) is 2.41. The van der Waals surface area contributed by atoms with Crippen LogP contribution in [0.2, 0.25) is 0 Å². The van der Waals surface area contributed by atoms with Crippen LogP contribution in [-0.2, 0) is 17.9 Å². The highest BCUT2D eigenvalue weighted by molar-refractivity contribution is 5.72. The second kappa shape index (κ2) is 6.90. The second-order valence-electron chi connectivity index (χ2n) is 6.26. The van der Waals surface area contributed by atoms with E-state index in [0.29, 0.717) is 31.1 Å². The van der Waals surface area contributed by atoms with Gasteiger partial charge in [-0.15, -0.1) is 0 Å². The summed E-state index contributed by atoms with van der Waals surface area (Å²) in [6.07, 6.45) is -1.58. The third-order valence-corrected chi connectivity index (χ3v) is 4.35. The van der Waals surface area contributed by atoms with Crippen molar-refractivity contribution in [2.75, 3.05) is 13.1 Å². The van der Waals surface area contributed by atoms with Crippen LogP contribution in [0.1, 0.15) is 11.5 Å². The molecule has 6 heteroatoms. The number of nitrogens with zero attached hydrogens (tertiary/aromatic N) is 2. The average Bonchev–Trinajstić information content (AvgIpc) is 3.18. The largest absolute Gasteiger partial charge is 0.438 e. The van der Waals surface area contributed by atoms with Gasteiger partial charge in [-0.1, -0.05) is 24.3 Å². The fourth-order valence-electron chi connectivity index (χ4n) is 3.10. The Morgan fingerprint density at radius 3 is 2.72 bits per heavy atom. The molecular weight excluding hydrogens is 326 g/mol. The van der Waals surface area contributed by atoms with Crippen molar-refractivity contribution in [1.82, 2.24) is 9.88 Å². The minimum atomic E-state index is -1.06. The molecule has 0 aliphatic carbocycles. The Bertz CT molecular complexity index is 817. The standard InChI is InChI=1S/C19H18F2N2O2/c20-14-7-5-13(6-8-14)9-23-10-15(21)18(11-23)24-12-19-22-16-3-1-2-4-17(16)25-19/h1-8,15,18H,9-12H2/t15-,18+/m1/s1. The summed E-state index contributed by atoms with van der Waals surface area (Å²) in [6, 6.07) is 13.7. The lowest BCUT2D eigenvalue weighted by Crippen LogP contribution is -2.24. The highest BCUT2D eigenvalue weighted by Crippen LogP contribution is 2.21. The first-order valence-electron chi connectivity index (χ1n) is 8.24. The molecule has 2 heterocycles. The van der Waals surface area contributed by atoms with Crippen LogP contribution in [0.3, 0.4) is 0 Å². The van der Waals surface area contributed by atoms with Crippen LogP contribution in [0.5, 0.6) is 0 Å². The quantitative estimate of drug-likeness (QED) is 0.707. The Labute approximate surface area is 144 Å². The molecule has 25 heavy (non-hydrogen) atoms. The molecule has 0 unspecified atom stereocenters. The van der Waals surface area contributed by atoms with Crippen molar-refractivity contribution in [3.8, 4) is 0 Å². The van der Waals surface area contributed by atoms with Gasteiger partial charge in [-0.3, -0.25) is 4.90 Å². The molecule has 1 fully saturated rings. The Balaban J connectivity index is 1.34. The van der Waals surface area contributed by atoms with Crippen LogP contribution in [0.25, 0.3) is 11.1 Å². The maximum absolute atomic E-state index is 14.2. The van der Waals surface area contributed by atoms with Crippen LogP contribution in [0.15, 0.2) is 52.9 Å². The molecule has 1 aliphatic heterocycles. The minimum absolute atomic E-state index is 0.143. The summed E-state index contributed by atoms with van der Waals surface area (Å²) in [5.74, 6) is 0.179. The van der Waals surface area contributed by atoms with E-state index in [-0.39, 0.29) is 12.4 Å². The normalized spacial score (nSPS) is 21.2. The topological polar surface area (TPSA) is 38.5 Å². The third kappa shape index (κ3) is 3.70. The van der Waals surface area contributed by atoms with E-state index in [9.17, 15) is 8.78 Å². The van der Waals surface area contributed by atoms with Gasteiger partial charge in [0.25, 0.3) is 0 Å². The van der Waals surface area contributed by atoms with Gasteiger partial charge in [0.2, 0.25) is 5.89 Å².